The van der Waals surface area contributed by atoms with Crippen LogP contribution in [0.3, 0.4) is 0 Å². The second-order valence-electron chi connectivity index (χ2n) is 4.31. The molecule has 0 aliphatic rings. The molecule has 1 aromatic carbocycles. The number of nitrogens with one attached hydrogen (secondary N) is 2. The van der Waals surface area contributed by atoms with Gasteiger partial charge >= 0.3 is 0 Å². The summed E-state index contributed by atoms with van der Waals surface area (Å²) in [7, 11) is 0. The van der Waals surface area contributed by atoms with E-state index in [9.17, 15) is 4.79 Å². The average Bonchev–Trinajstić information content (AvgIpc) is 2.82. The number of carbonyl (C=O) groups is 1. The first kappa shape index (κ1) is 12.6. The predicted octanol–water partition coefficient (Wildman–Crippen LogP) is 1.35. The van der Waals surface area contributed by atoms with Crippen molar-refractivity contribution in [1.29, 1.82) is 0 Å². The normalized spacial score (nSPS) is 10.8. The number of aryl methyl sites for hydroxylation is 1. The zero-order chi connectivity index (χ0) is 13.0. The van der Waals surface area contributed by atoms with Gasteiger partial charge in [-0.2, -0.15) is 0 Å². The maximum atomic E-state index is 11.1. The highest BCUT2D eigenvalue weighted by atomic mass is 16.1. The summed E-state index contributed by atoms with van der Waals surface area (Å²) in [6.07, 6.45) is 3.86. The number of carbonyl (C=O) groups excluding carboxylic acids is 1. The van der Waals surface area contributed by atoms with Crippen LogP contribution in [0.2, 0.25) is 0 Å². The third-order valence-corrected chi connectivity index (χ3v) is 3.17. The highest BCUT2D eigenvalue weighted by Crippen LogP contribution is 2.22. The van der Waals surface area contributed by atoms with E-state index in [0.717, 1.165) is 12.8 Å². The largest absolute Gasteiger partial charge is 0.361 e. The minimum Gasteiger partial charge on any atom is -0.361 e. The maximum absolute atomic E-state index is 11.1. The molecule has 4 nitrogen and oxygen atoms in total. The molecule has 96 valence electrons. The molecule has 0 saturated carbocycles. The number of nitrogens with two attached hydrogens (primary N) is 1. The number of aromatic nitrogens is 1. The van der Waals surface area contributed by atoms with Crippen LogP contribution >= 0.6 is 0 Å². The molecular formula is C14H19N3O. The summed E-state index contributed by atoms with van der Waals surface area (Å²) in [4.78, 5) is 14.4. The zero-order valence-electron chi connectivity index (χ0n) is 10.6. The Morgan fingerprint density at radius 3 is 2.94 bits per heavy atom. The van der Waals surface area contributed by atoms with Crippen molar-refractivity contribution in [2.75, 3.05) is 13.1 Å². The van der Waals surface area contributed by atoms with E-state index in [-0.39, 0.29) is 12.5 Å². The molecule has 0 aliphatic carbocycles. The number of rotatable bonds is 5. The quantitative estimate of drug-likeness (QED) is 0.744. The number of amides is 1. The number of fused-ring (bicyclic) bond motifs is 1. The lowest BCUT2D eigenvalue weighted by Gasteiger charge is -2.03. The van der Waals surface area contributed by atoms with Crippen molar-refractivity contribution >= 4 is 16.8 Å². The van der Waals surface area contributed by atoms with E-state index >= 15 is 0 Å². The molecule has 0 unspecified atom stereocenters. The van der Waals surface area contributed by atoms with Crippen molar-refractivity contribution in [2.45, 2.75) is 19.8 Å². The Hall–Kier alpha value is -1.81. The van der Waals surface area contributed by atoms with E-state index in [1.165, 1.54) is 22.0 Å². The molecule has 2 rings (SSSR count). The van der Waals surface area contributed by atoms with Crippen molar-refractivity contribution in [2.24, 2.45) is 5.73 Å². The minimum absolute atomic E-state index is 0.0495. The second kappa shape index (κ2) is 5.69. The molecule has 0 aliphatic heterocycles. The van der Waals surface area contributed by atoms with Gasteiger partial charge in [-0.15, -0.1) is 0 Å². The number of H-pyrrole nitrogens is 1. The lowest BCUT2D eigenvalue weighted by atomic mass is 10.1. The molecule has 18 heavy (non-hydrogen) atoms. The standard InChI is InChI=1S/C14H19N3O/c1-2-10-4-3-5-12-11(9-17-14(10)12)6-7-16-13(18)8-15/h3-5,9,17H,2,6-8,15H2,1H3,(H,16,18). The molecule has 4 N–H and O–H groups in total. The molecule has 0 atom stereocenters. The van der Waals surface area contributed by atoms with Crippen molar-refractivity contribution in [3.05, 3.63) is 35.5 Å². The van der Waals surface area contributed by atoms with Crippen molar-refractivity contribution in [1.82, 2.24) is 10.3 Å². The Morgan fingerprint density at radius 1 is 1.39 bits per heavy atom. The zero-order valence-corrected chi connectivity index (χ0v) is 10.6. The summed E-state index contributed by atoms with van der Waals surface area (Å²) in [6.45, 7) is 2.82. The third-order valence-electron chi connectivity index (χ3n) is 3.17. The first-order chi connectivity index (χ1) is 8.76. The van der Waals surface area contributed by atoms with Crippen LogP contribution in [0.4, 0.5) is 0 Å². The molecule has 0 spiro atoms. The summed E-state index contributed by atoms with van der Waals surface area (Å²) < 4.78 is 0. The predicted molar refractivity (Wildman–Crippen MR) is 73.4 cm³/mol. The van der Waals surface area contributed by atoms with E-state index in [0.29, 0.717) is 6.54 Å². The first-order valence-corrected chi connectivity index (χ1v) is 6.31. The third kappa shape index (κ3) is 2.54. The molecule has 1 amide bonds. The van der Waals surface area contributed by atoms with Gasteiger partial charge in [0.15, 0.2) is 0 Å². The molecule has 1 aromatic heterocycles. The second-order valence-corrected chi connectivity index (χ2v) is 4.31. The van der Waals surface area contributed by atoms with Gasteiger partial charge in [-0.05, 0) is 24.0 Å². The minimum atomic E-state index is -0.107. The maximum Gasteiger partial charge on any atom is 0.233 e. The Labute approximate surface area is 107 Å². The molecule has 0 fully saturated rings. The fraction of sp³-hybridized carbons (Fsp3) is 0.357. The van der Waals surface area contributed by atoms with Crippen LogP contribution in [0.1, 0.15) is 18.1 Å². The number of benzene rings is 1. The van der Waals surface area contributed by atoms with Crippen LogP contribution in [0.25, 0.3) is 10.9 Å². The first-order valence-electron chi connectivity index (χ1n) is 6.31. The smallest absolute Gasteiger partial charge is 0.233 e. The van der Waals surface area contributed by atoms with E-state index in [1.54, 1.807) is 0 Å². The molecule has 2 aromatic rings. The van der Waals surface area contributed by atoms with Crippen LogP contribution in [-0.4, -0.2) is 24.0 Å². The van der Waals surface area contributed by atoms with Crippen molar-refractivity contribution in [3.8, 4) is 0 Å². The Morgan fingerprint density at radius 2 is 2.22 bits per heavy atom. The van der Waals surface area contributed by atoms with E-state index in [2.05, 4.69) is 35.4 Å². The van der Waals surface area contributed by atoms with Crippen LogP contribution in [0, 0.1) is 0 Å². The van der Waals surface area contributed by atoms with Crippen LogP contribution in [-0.2, 0) is 17.6 Å². The summed E-state index contributed by atoms with van der Waals surface area (Å²) in [6, 6.07) is 6.33. The van der Waals surface area contributed by atoms with E-state index in [4.69, 9.17) is 5.73 Å². The van der Waals surface area contributed by atoms with Crippen molar-refractivity contribution < 1.29 is 4.79 Å². The summed E-state index contributed by atoms with van der Waals surface area (Å²) in [5.74, 6) is -0.107. The molecule has 0 radical (unpaired) electrons. The molecule has 1 heterocycles. The monoisotopic (exact) mass is 245 g/mol. The lowest BCUT2D eigenvalue weighted by Crippen LogP contribution is -2.31. The van der Waals surface area contributed by atoms with Crippen LogP contribution < -0.4 is 11.1 Å². The fourth-order valence-electron chi connectivity index (χ4n) is 2.19. The Kier molecular flexibility index (Phi) is 3.99. The van der Waals surface area contributed by atoms with Gasteiger partial charge < -0.3 is 16.0 Å². The average molecular weight is 245 g/mol. The number of hydrogen-bond donors (Lipinski definition) is 3. The van der Waals surface area contributed by atoms with Crippen molar-refractivity contribution in [3.63, 3.8) is 0 Å². The van der Waals surface area contributed by atoms with Gasteiger partial charge in [0.25, 0.3) is 0 Å². The van der Waals surface area contributed by atoms with Gasteiger partial charge in [-0.25, -0.2) is 0 Å². The highest BCUT2D eigenvalue weighted by molar-refractivity contribution is 5.86. The van der Waals surface area contributed by atoms with E-state index < -0.39 is 0 Å². The van der Waals surface area contributed by atoms with Gasteiger partial charge in [-0.1, -0.05) is 25.1 Å². The SMILES string of the molecule is CCc1cccc2c(CCNC(=O)CN)c[nH]c12. The van der Waals surface area contributed by atoms with Gasteiger partial charge in [0, 0.05) is 23.6 Å². The summed E-state index contributed by atoms with van der Waals surface area (Å²) in [5.41, 5.74) is 9.01. The topological polar surface area (TPSA) is 70.9 Å². The number of aromatic amines is 1. The van der Waals surface area contributed by atoms with E-state index in [1.807, 2.05) is 6.20 Å². The summed E-state index contributed by atoms with van der Waals surface area (Å²) in [5, 5.41) is 4.03. The van der Waals surface area contributed by atoms with Crippen LogP contribution in [0.5, 0.6) is 0 Å². The summed E-state index contributed by atoms with van der Waals surface area (Å²) >= 11 is 0. The van der Waals surface area contributed by atoms with Gasteiger partial charge in [0.05, 0.1) is 6.54 Å². The number of hydrogen-bond acceptors (Lipinski definition) is 2. The van der Waals surface area contributed by atoms with Crippen LogP contribution in [0.15, 0.2) is 24.4 Å². The Balaban J connectivity index is 2.12. The highest BCUT2D eigenvalue weighted by Gasteiger charge is 2.06. The molecule has 0 bridgehead atoms. The fourth-order valence-corrected chi connectivity index (χ4v) is 2.19. The Bertz CT molecular complexity index is 545. The molecule has 4 heteroatoms. The lowest BCUT2D eigenvalue weighted by molar-refractivity contribution is -0.119. The van der Waals surface area contributed by atoms with Gasteiger partial charge in [-0.3, -0.25) is 4.79 Å². The number of para-hydroxylation sites is 1. The molecular weight excluding hydrogens is 226 g/mol. The van der Waals surface area contributed by atoms with Gasteiger partial charge in [0.1, 0.15) is 0 Å². The molecule has 0 saturated heterocycles. The van der Waals surface area contributed by atoms with Gasteiger partial charge in [0.2, 0.25) is 5.91 Å².